The van der Waals surface area contributed by atoms with E-state index in [1.165, 1.54) is 6.07 Å². The highest BCUT2D eigenvalue weighted by Gasteiger charge is 2.17. The molecule has 0 spiro atoms. The van der Waals surface area contributed by atoms with Crippen molar-refractivity contribution in [2.45, 2.75) is 18.2 Å². The number of aromatic amines is 1. The topological polar surface area (TPSA) is 74.8 Å². The molecule has 2 aromatic rings. The number of halogens is 1. The molecule has 0 aliphatic rings. The van der Waals surface area contributed by atoms with Crippen LogP contribution >= 0.6 is 11.6 Å². The molecule has 0 amide bonds. The van der Waals surface area contributed by atoms with Gasteiger partial charge in [0.2, 0.25) is 10.0 Å². The number of aromatic nitrogens is 2. The number of sulfonamides is 1. The van der Waals surface area contributed by atoms with E-state index < -0.39 is 10.0 Å². The second kappa shape index (κ2) is 5.73. The average molecular weight is 300 g/mol. The summed E-state index contributed by atoms with van der Waals surface area (Å²) in [5.41, 5.74) is 0.551. The van der Waals surface area contributed by atoms with Crippen LogP contribution in [0.3, 0.4) is 0 Å². The number of rotatable bonds is 5. The van der Waals surface area contributed by atoms with Crippen molar-refractivity contribution in [1.29, 1.82) is 0 Å². The molecule has 0 atom stereocenters. The molecule has 1 aromatic heterocycles. The van der Waals surface area contributed by atoms with Crippen molar-refractivity contribution >= 4 is 21.6 Å². The molecule has 1 aromatic carbocycles. The first-order valence-electron chi connectivity index (χ1n) is 5.74. The summed E-state index contributed by atoms with van der Waals surface area (Å²) >= 11 is 5.93. The predicted octanol–water partition coefficient (Wildman–Crippen LogP) is 1.89. The standard InChI is InChI=1S/C12H14ClN3O2S/c1-9-10(13)3-2-4-11(9)19(17,18)16-6-5-12-14-7-8-15-12/h2-4,7-8,16H,5-6H2,1H3,(H,14,15). The number of benzene rings is 1. The van der Waals surface area contributed by atoms with E-state index in [1.807, 2.05) is 0 Å². The van der Waals surface area contributed by atoms with E-state index in [4.69, 9.17) is 11.6 Å². The fourth-order valence-electron chi connectivity index (χ4n) is 1.70. The van der Waals surface area contributed by atoms with Gasteiger partial charge in [-0.3, -0.25) is 0 Å². The SMILES string of the molecule is Cc1c(Cl)cccc1S(=O)(=O)NCCc1ncc[nH]1. The number of H-pyrrole nitrogens is 1. The van der Waals surface area contributed by atoms with Gasteiger partial charge < -0.3 is 4.98 Å². The van der Waals surface area contributed by atoms with E-state index in [1.54, 1.807) is 31.5 Å². The lowest BCUT2D eigenvalue weighted by molar-refractivity contribution is 0.580. The summed E-state index contributed by atoms with van der Waals surface area (Å²) in [7, 11) is -3.54. The molecule has 0 bridgehead atoms. The molecule has 7 heteroatoms. The summed E-state index contributed by atoms with van der Waals surface area (Å²) < 4.78 is 26.8. The van der Waals surface area contributed by atoms with E-state index in [0.29, 0.717) is 17.0 Å². The van der Waals surface area contributed by atoms with Crippen molar-refractivity contribution in [2.75, 3.05) is 6.54 Å². The van der Waals surface area contributed by atoms with Crippen LogP contribution in [-0.2, 0) is 16.4 Å². The molecule has 1 heterocycles. The minimum Gasteiger partial charge on any atom is -0.349 e. The molecule has 0 aliphatic carbocycles. The lowest BCUT2D eigenvalue weighted by Gasteiger charge is -2.09. The minimum absolute atomic E-state index is 0.208. The zero-order valence-electron chi connectivity index (χ0n) is 10.4. The maximum absolute atomic E-state index is 12.1. The van der Waals surface area contributed by atoms with Gasteiger partial charge in [0.25, 0.3) is 0 Å². The first-order chi connectivity index (χ1) is 9.00. The second-order valence-corrected chi connectivity index (χ2v) is 6.19. The maximum atomic E-state index is 12.1. The number of hydrogen-bond acceptors (Lipinski definition) is 3. The van der Waals surface area contributed by atoms with Crippen LogP contribution in [0.25, 0.3) is 0 Å². The number of nitrogens with zero attached hydrogens (tertiary/aromatic N) is 1. The highest BCUT2D eigenvalue weighted by atomic mass is 35.5. The van der Waals surface area contributed by atoms with Crippen molar-refractivity contribution in [1.82, 2.24) is 14.7 Å². The highest BCUT2D eigenvalue weighted by Crippen LogP contribution is 2.22. The Balaban J connectivity index is 2.08. The Bertz CT molecular complexity index is 654. The first-order valence-corrected chi connectivity index (χ1v) is 7.60. The number of hydrogen-bond donors (Lipinski definition) is 2. The molecule has 5 nitrogen and oxygen atoms in total. The van der Waals surface area contributed by atoms with E-state index in [9.17, 15) is 8.42 Å². The summed E-state index contributed by atoms with van der Waals surface area (Å²) in [5.74, 6) is 0.741. The van der Waals surface area contributed by atoms with Crippen LogP contribution in [0, 0.1) is 6.92 Å². The van der Waals surface area contributed by atoms with Crippen LogP contribution in [0.5, 0.6) is 0 Å². The lowest BCUT2D eigenvalue weighted by Crippen LogP contribution is -2.26. The molecule has 2 N–H and O–H groups in total. The Kier molecular flexibility index (Phi) is 4.24. The van der Waals surface area contributed by atoms with E-state index in [0.717, 1.165) is 5.82 Å². The largest absolute Gasteiger partial charge is 0.349 e. The van der Waals surface area contributed by atoms with Crippen LogP contribution in [0.1, 0.15) is 11.4 Å². The van der Waals surface area contributed by atoms with E-state index in [2.05, 4.69) is 14.7 Å². The average Bonchev–Trinajstić information content (AvgIpc) is 2.85. The van der Waals surface area contributed by atoms with Gasteiger partial charge >= 0.3 is 0 Å². The molecule has 102 valence electrons. The smallest absolute Gasteiger partial charge is 0.240 e. The van der Waals surface area contributed by atoms with Gasteiger partial charge in [0.1, 0.15) is 5.82 Å². The van der Waals surface area contributed by atoms with Gasteiger partial charge in [0.05, 0.1) is 4.90 Å². The molecule has 0 saturated carbocycles. The van der Waals surface area contributed by atoms with Crippen molar-refractivity contribution in [3.8, 4) is 0 Å². The number of nitrogens with one attached hydrogen (secondary N) is 2. The Morgan fingerprint density at radius 2 is 2.21 bits per heavy atom. The molecule has 0 radical (unpaired) electrons. The normalized spacial score (nSPS) is 11.7. The third-order valence-electron chi connectivity index (χ3n) is 2.72. The first kappa shape index (κ1) is 14.0. The fraction of sp³-hybridized carbons (Fsp3) is 0.250. The van der Waals surface area contributed by atoms with Crippen LogP contribution in [0.2, 0.25) is 5.02 Å². The summed E-state index contributed by atoms with van der Waals surface area (Å²) in [4.78, 5) is 7.15. The predicted molar refractivity (Wildman–Crippen MR) is 73.7 cm³/mol. The van der Waals surface area contributed by atoms with Crippen molar-refractivity contribution in [3.63, 3.8) is 0 Å². The summed E-state index contributed by atoms with van der Waals surface area (Å²) in [6.07, 6.45) is 3.84. The van der Waals surface area contributed by atoms with Gasteiger partial charge in [-0.05, 0) is 24.6 Å². The zero-order chi connectivity index (χ0) is 13.9. The van der Waals surface area contributed by atoms with Gasteiger partial charge in [-0.15, -0.1) is 0 Å². The monoisotopic (exact) mass is 299 g/mol. The van der Waals surface area contributed by atoms with Crippen LogP contribution in [0.4, 0.5) is 0 Å². The molecule has 19 heavy (non-hydrogen) atoms. The Morgan fingerprint density at radius 3 is 2.89 bits per heavy atom. The molecule has 0 saturated heterocycles. The van der Waals surface area contributed by atoms with Crippen molar-refractivity contribution in [2.24, 2.45) is 0 Å². The molecule has 0 unspecified atom stereocenters. The van der Waals surface area contributed by atoms with Crippen molar-refractivity contribution < 1.29 is 8.42 Å². The zero-order valence-corrected chi connectivity index (χ0v) is 11.9. The van der Waals surface area contributed by atoms with E-state index >= 15 is 0 Å². The quantitative estimate of drug-likeness (QED) is 0.885. The van der Waals surface area contributed by atoms with Crippen LogP contribution in [0.15, 0.2) is 35.5 Å². The minimum atomic E-state index is -3.54. The van der Waals surface area contributed by atoms with Gasteiger partial charge in [-0.1, -0.05) is 17.7 Å². The molecule has 2 rings (SSSR count). The van der Waals surface area contributed by atoms with Gasteiger partial charge in [0, 0.05) is 30.4 Å². The molecular weight excluding hydrogens is 286 g/mol. The fourth-order valence-corrected chi connectivity index (χ4v) is 3.22. The summed E-state index contributed by atoms with van der Waals surface area (Å²) in [5, 5.41) is 0.439. The van der Waals surface area contributed by atoms with Crippen molar-refractivity contribution in [3.05, 3.63) is 47.0 Å². The van der Waals surface area contributed by atoms with Gasteiger partial charge in [0.15, 0.2) is 0 Å². The molecule has 0 aliphatic heterocycles. The van der Waals surface area contributed by atoms with E-state index in [-0.39, 0.29) is 11.4 Å². The lowest BCUT2D eigenvalue weighted by atomic mass is 10.2. The third-order valence-corrected chi connectivity index (χ3v) is 4.73. The maximum Gasteiger partial charge on any atom is 0.240 e. The Hall–Kier alpha value is -1.37. The summed E-state index contributed by atoms with van der Waals surface area (Å²) in [6.45, 7) is 1.96. The number of imidazole rings is 1. The highest BCUT2D eigenvalue weighted by molar-refractivity contribution is 7.89. The molecule has 0 fully saturated rings. The molecular formula is C12H14ClN3O2S. The van der Waals surface area contributed by atoms with Gasteiger partial charge in [-0.2, -0.15) is 0 Å². The summed E-state index contributed by atoms with van der Waals surface area (Å²) in [6, 6.07) is 4.83. The Labute approximate surface area is 117 Å². The van der Waals surface area contributed by atoms with Gasteiger partial charge in [-0.25, -0.2) is 18.1 Å². The van der Waals surface area contributed by atoms with Crippen LogP contribution in [-0.4, -0.2) is 24.9 Å². The third kappa shape index (κ3) is 3.34. The second-order valence-electron chi connectivity index (χ2n) is 4.05. The Morgan fingerprint density at radius 1 is 1.42 bits per heavy atom. The van der Waals surface area contributed by atoms with Crippen LogP contribution < -0.4 is 4.72 Å².